The highest BCUT2D eigenvalue weighted by molar-refractivity contribution is 6.34. The Morgan fingerprint density at radius 2 is 1.63 bits per heavy atom. The molecule has 3 aliphatic heterocycles. The SMILES string of the molecule is Cc1cc(C(F)(F)F)cc(N2C(=O)C[C@@H]3CN(CCOCCN4C(=O)c5ccccc5C4=O)c4c(Cl)cccc4N(C)C(=O)[C@H]32)n1. The molecule has 1 aromatic heterocycles. The molecule has 14 heteroatoms. The van der Waals surface area contributed by atoms with Gasteiger partial charge in [-0.15, -0.1) is 0 Å². The maximum atomic E-state index is 14.0. The lowest BCUT2D eigenvalue weighted by Crippen LogP contribution is -2.52. The average molecular weight is 656 g/mol. The number of nitrogens with zero attached hydrogens (tertiary/aromatic N) is 5. The molecule has 0 N–H and O–H groups in total. The number of pyridine rings is 1. The monoisotopic (exact) mass is 655 g/mol. The number of hydrogen-bond acceptors (Lipinski definition) is 7. The van der Waals surface area contributed by atoms with E-state index in [2.05, 4.69) is 4.98 Å². The normalized spacial score (nSPS) is 19.8. The number of halogens is 4. The summed E-state index contributed by atoms with van der Waals surface area (Å²) in [6.07, 6.45) is -4.77. The molecule has 0 spiro atoms. The molecule has 3 aromatic rings. The molecule has 4 heterocycles. The fourth-order valence-electron chi connectivity index (χ4n) is 6.34. The summed E-state index contributed by atoms with van der Waals surface area (Å²) < 4.78 is 46.8. The van der Waals surface area contributed by atoms with Gasteiger partial charge in [0, 0.05) is 38.2 Å². The first-order chi connectivity index (χ1) is 21.9. The number of rotatable bonds is 7. The van der Waals surface area contributed by atoms with E-state index in [1.165, 1.54) is 18.9 Å². The average Bonchev–Trinajstić information content (AvgIpc) is 3.46. The number of carbonyl (C=O) groups is 4. The highest BCUT2D eigenvalue weighted by atomic mass is 35.5. The molecule has 3 aliphatic rings. The molecule has 10 nitrogen and oxygen atoms in total. The molecule has 0 bridgehead atoms. The molecule has 2 atom stereocenters. The molecular weight excluding hydrogens is 627 g/mol. The molecule has 240 valence electrons. The number of likely N-dealkylation sites (N-methyl/N-ethyl adjacent to an activating group) is 1. The number of ether oxygens (including phenoxy) is 1. The standard InChI is InChI=1S/C32H29ClF3N5O5/c1-18-14-20(32(34,35)36)16-25(37-18)41-26(42)15-19-17-39(28-23(33)8-5-9-24(28)38(2)31(45)27(19)41)10-12-46-13-11-40-29(43)21-6-3-4-7-22(21)30(40)44/h3-9,14,16,19,27H,10-13,15,17H2,1-2H3/t19-,27+/m1/s1. The fraction of sp³-hybridized carbons (Fsp3) is 0.344. The Bertz CT molecular complexity index is 1720. The third-order valence-corrected chi connectivity index (χ3v) is 8.77. The minimum absolute atomic E-state index is 0.0541. The zero-order valence-corrected chi connectivity index (χ0v) is 25.6. The summed E-state index contributed by atoms with van der Waals surface area (Å²) in [6, 6.07) is 12.2. The number of hydrogen-bond donors (Lipinski definition) is 0. The second kappa shape index (κ2) is 12.0. The molecule has 0 aliphatic carbocycles. The summed E-state index contributed by atoms with van der Waals surface area (Å²) in [5.74, 6) is -2.60. The van der Waals surface area contributed by atoms with Crippen molar-refractivity contribution in [2.24, 2.45) is 5.92 Å². The van der Waals surface area contributed by atoms with Crippen LogP contribution in [0, 0.1) is 12.8 Å². The van der Waals surface area contributed by atoms with E-state index in [-0.39, 0.29) is 62.6 Å². The lowest BCUT2D eigenvalue weighted by molar-refractivity contribution is -0.137. The van der Waals surface area contributed by atoms with Gasteiger partial charge in [-0.3, -0.25) is 29.0 Å². The summed E-state index contributed by atoms with van der Waals surface area (Å²) in [7, 11) is 1.53. The first-order valence-electron chi connectivity index (χ1n) is 14.6. The molecule has 0 radical (unpaired) electrons. The number of carbonyl (C=O) groups excluding carboxylic acids is 4. The number of aryl methyl sites for hydroxylation is 1. The van der Waals surface area contributed by atoms with E-state index in [0.717, 1.165) is 21.9 Å². The minimum Gasteiger partial charge on any atom is -0.378 e. The molecule has 46 heavy (non-hydrogen) atoms. The number of aromatic nitrogens is 1. The van der Waals surface area contributed by atoms with Crippen LogP contribution in [-0.4, -0.2) is 79.5 Å². The van der Waals surface area contributed by atoms with Gasteiger partial charge in [0.25, 0.3) is 11.8 Å². The van der Waals surface area contributed by atoms with Crippen LogP contribution in [-0.2, 0) is 20.5 Å². The molecule has 6 rings (SSSR count). The highest BCUT2D eigenvalue weighted by Crippen LogP contribution is 2.43. The van der Waals surface area contributed by atoms with E-state index in [9.17, 15) is 32.3 Å². The summed E-state index contributed by atoms with van der Waals surface area (Å²) in [5, 5.41) is 0.359. The van der Waals surface area contributed by atoms with Crippen molar-refractivity contribution in [1.29, 1.82) is 0 Å². The van der Waals surface area contributed by atoms with E-state index in [1.54, 1.807) is 42.5 Å². The number of para-hydroxylation sites is 1. The lowest BCUT2D eigenvalue weighted by Gasteiger charge is -2.39. The largest absolute Gasteiger partial charge is 0.416 e. The quantitative estimate of drug-likeness (QED) is 0.271. The van der Waals surface area contributed by atoms with Crippen molar-refractivity contribution in [3.63, 3.8) is 0 Å². The maximum absolute atomic E-state index is 14.0. The molecule has 2 aromatic carbocycles. The Kier molecular flexibility index (Phi) is 8.23. The number of amides is 4. The summed E-state index contributed by atoms with van der Waals surface area (Å²) >= 11 is 6.66. The van der Waals surface area contributed by atoms with Crippen LogP contribution in [0.3, 0.4) is 0 Å². The van der Waals surface area contributed by atoms with Crippen molar-refractivity contribution in [3.8, 4) is 0 Å². The summed E-state index contributed by atoms with van der Waals surface area (Å²) in [5.41, 5.74) is 0.794. The van der Waals surface area contributed by atoms with Gasteiger partial charge >= 0.3 is 6.18 Å². The van der Waals surface area contributed by atoms with Crippen molar-refractivity contribution in [2.75, 3.05) is 54.6 Å². The predicted octanol–water partition coefficient (Wildman–Crippen LogP) is 4.58. The van der Waals surface area contributed by atoms with Crippen molar-refractivity contribution >= 4 is 52.4 Å². The fourth-order valence-corrected chi connectivity index (χ4v) is 6.63. The van der Waals surface area contributed by atoms with Crippen molar-refractivity contribution in [1.82, 2.24) is 9.88 Å². The molecule has 0 saturated carbocycles. The topological polar surface area (TPSA) is 103 Å². The Hall–Kier alpha value is -4.49. The second-order valence-electron chi connectivity index (χ2n) is 11.4. The van der Waals surface area contributed by atoms with E-state index in [1.807, 2.05) is 4.90 Å². The van der Waals surface area contributed by atoms with Crippen LogP contribution < -0.4 is 14.7 Å². The first kappa shape index (κ1) is 31.5. The smallest absolute Gasteiger partial charge is 0.378 e. The summed E-state index contributed by atoms with van der Waals surface area (Å²) in [6.45, 7) is 2.11. The van der Waals surface area contributed by atoms with E-state index in [4.69, 9.17) is 16.3 Å². The van der Waals surface area contributed by atoms with Gasteiger partial charge in [0.15, 0.2) is 0 Å². The number of imide groups is 1. The lowest BCUT2D eigenvalue weighted by atomic mass is 9.95. The van der Waals surface area contributed by atoms with Gasteiger partial charge in [-0.05, 0) is 43.3 Å². The molecule has 4 amide bonds. The van der Waals surface area contributed by atoms with Crippen molar-refractivity contribution < 1.29 is 37.1 Å². The van der Waals surface area contributed by atoms with Crippen LogP contribution in [0.5, 0.6) is 0 Å². The number of fused-ring (bicyclic) bond motifs is 3. The second-order valence-corrected chi connectivity index (χ2v) is 11.8. The van der Waals surface area contributed by atoms with Gasteiger partial charge in [-0.25, -0.2) is 4.98 Å². The Labute approximate surface area is 267 Å². The zero-order chi connectivity index (χ0) is 32.9. The summed E-state index contributed by atoms with van der Waals surface area (Å²) in [4.78, 5) is 62.4. The van der Waals surface area contributed by atoms with Crippen LogP contribution in [0.1, 0.15) is 38.4 Å². The Balaban J connectivity index is 1.22. The number of anilines is 3. The third-order valence-electron chi connectivity index (χ3n) is 8.47. The minimum atomic E-state index is -4.67. The number of alkyl halides is 3. The van der Waals surface area contributed by atoms with Crippen LogP contribution in [0.4, 0.5) is 30.4 Å². The molecular formula is C32H29ClF3N5O5. The first-order valence-corrected chi connectivity index (χ1v) is 15.0. The highest BCUT2D eigenvalue weighted by Gasteiger charge is 2.49. The van der Waals surface area contributed by atoms with Crippen LogP contribution >= 0.6 is 11.6 Å². The van der Waals surface area contributed by atoms with Gasteiger partial charge in [0.1, 0.15) is 11.9 Å². The molecule has 1 saturated heterocycles. The Morgan fingerprint density at radius 3 is 2.30 bits per heavy atom. The third kappa shape index (κ3) is 5.58. The van der Waals surface area contributed by atoms with Gasteiger partial charge in [0.2, 0.25) is 11.8 Å². The van der Waals surface area contributed by atoms with Crippen molar-refractivity contribution in [3.05, 3.63) is 82.0 Å². The predicted molar refractivity (Wildman–Crippen MR) is 163 cm³/mol. The molecule has 1 fully saturated rings. The van der Waals surface area contributed by atoms with Gasteiger partial charge in [-0.2, -0.15) is 13.2 Å². The number of benzene rings is 2. The van der Waals surface area contributed by atoms with E-state index >= 15 is 0 Å². The van der Waals surface area contributed by atoms with Crippen molar-refractivity contribution in [2.45, 2.75) is 25.6 Å². The maximum Gasteiger partial charge on any atom is 0.416 e. The zero-order valence-electron chi connectivity index (χ0n) is 24.9. The van der Waals surface area contributed by atoms with Crippen LogP contribution in [0.2, 0.25) is 5.02 Å². The van der Waals surface area contributed by atoms with Gasteiger partial charge in [0.05, 0.1) is 52.8 Å². The Morgan fingerprint density at radius 1 is 0.957 bits per heavy atom. The molecule has 0 unspecified atom stereocenters. The van der Waals surface area contributed by atoms with E-state index in [0.29, 0.717) is 27.5 Å². The van der Waals surface area contributed by atoms with Crippen LogP contribution in [0.15, 0.2) is 54.6 Å². The van der Waals surface area contributed by atoms with Gasteiger partial charge in [-0.1, -0.05) is 29.8 Å². The van der Waals surface area contributed by atoms with E-state index < -0.39 is 35.5 Å². The van der Waals surface area contributed by atoms with Crippen LogP contribution in [0.25, 0.3) is 0 Å². The van der Waals surface area contributed by atoms with Gasteiger partial charge < -0.3 is 14.5 Å².